The van der Waals surface area contributed by atoms with Crippen LogP contribution in [0, 0.1) is 11.8 Å². The molecule has 0 amide bonds. The summed E-state index contributed by atoms with van der Waals surface area (Å²) in [4.78, 5) is 73.4. The van der Waals surface area contributed by atoms with Crippen molar-refractivity contribution in [2.24, 2.45) is 11.8 Å². The van der Waals surface area contributed by atoms with Crippen molar-refractivity contribution in [3.63, 3.8) is 0 Å². The van der Waals surface area contributed by atoms with Gasteiger partial charge in [-0.15, -0.1) is 0 Å². The van der Waals surface area contributed by atoms with Crippen molar-refractivity contribution >= 4 is 39.5 Å². The van der Waals surface area contributed by atoms with Crippen LogP contribution in [0.3, 0.4) is 0 Å². The van der Waals surface area contributed by atoms with Gasteiger partial charge in [0.25, 0.3) is 0 Å². The molecule has 6 atom stereocenters. The number of esters is 4. The zero-order valence-corrected chi connectivity index (χ0v) is 73.0. The molecule has 17 nitrogen and oxygen atoms in total. The van der Waals surface area contributed by atoms with E-state index in [0.29, 0.717) is 25.7 Å². The van der Waals surface area contributed by atoms with Crippen molar-refractivity contribution in [3.8, 4) is 0 Å². The van der Waals surface area contributed by atoms with Crippen molar-refractivity contribution in [1.29, 1.82) is 0 Å². The summed E-state index contributed by atoms with van der Waals surface area (Å²) >= 11 is 0. The normalized spacial score (nSPS) is 14.0. The highest BCUT2D eigenvalue weighted by Crippen LogP contribution is 2.45. The van der Waals surface area contributed by atoms with Gasteiger partial charge in [0.05, 0.1) is 26.4 Å². The van der Waals surface area contributed by atoms with Crippen LogP contribution in [0.15, 0.2) is 0 Å². The van der Waals surface area contributed by atoms with Crippen molar-refractivity contribution in [2.75, 3.05) is 39.6 Å². The lowest BCUT2D eigenvalue weighted by molar-refractivity contribution is -0.161. The summed E-state index contributed by atoms with van der Waals surface area (Å²) < 4.78 is 69.0. The van der Waals surface area contributed by atoms with Gasteiger partial charge < -0.3 is 33.8 Å². The van der Waals surface area contributed by atoms with Gasteiger partial charge in [-0.05, 0) is 37.5 Å². The van der Waals surface area contributed by atoms with E-state index in [1.807, 2.05) is 0 Å². The highest BCUT2D eigenvalue weighted by molar-refractivity contribution is 7.47. The van der Waals surface area contributed by atoms with Crippen molar-refractivity contribution in [3.05, 3.63) is 0 Å². The molecule has 108 heavy (non-hydrogen) atoms. The predicted molar refractivity (Wildman–Crippen MR) is 446 cm³/mol. The fourth-order valence-corrected chi connectivity index (χ4v) is 15.5. The molecule has 0 aromatic heterocycles. The summed E-state index contributed by atoms with van der Waals surface area (Å²) in [5, 5.41) is 10.7. The Morgan fingerprint density at radius 1 is 0.269 bits per heavy atom. The standard InChI is InChI=1S/C89H174O17P2/c1-7-10-12-14-16-18-20-22-24-26-28-30-32-37-41-47-53-59-65-71-86(91)99-77-84(105-88(93)73-67-61-55-48-42-38-33-31-29-27-25-23-21-19-17-15-13-11-8-2)79-103-107(95,96)101-75-83(90)76-102-108(97,98)104-80-85(78-100-87(92)72-66-60-54-50-44-45-51-57-63-69-81(4)5)106-89(94)74-68-62-56-49-43-39-35-34-36-40-46-52-58-64-70-82(6)9-3/h81-85,90H,7-80H2,1-6H3,(H,95,96)(H,97,98)/t82?,83-,84-,85-/m1/s1. The second-order valence-electron chi connectivity index (χ2n) is 32.7. The molecule has 3 unspecified atom stereocenters. The lowest BCUT2D eigenvalue weighted by atomic mass is 9.99. The summed E-state index contributed by atoms with van der Waals surface area (Å²) in [7, 11) is -9.93. The molecule has 0 spiro atoms. The molecule has 0 bridgehead atoms. The molecule has 642 valence electrons. The molecule has 0 saturated carbocycles. The number of ether oxygens (including phenoxy) is 4. The SMILES string of the molecule is CCCCCCCCCCCCCCCCCCCCCC(=O)OC[C@H](COP(=O)(O)OC[C@@H](O)COP(=O)(O)OC[C@@H](COC(=O)CCCCCCCCCCCC(C)C)OC(=O)CCCCCCCCCCCCCCCCC(C)CC)OC(=O)CCCCCCCCCCCCCCCCCCCCC. The van der Waals surface area contributed by atoms with Crippen LogP contribution in [-0.2, 0) is 65.4 Å². The highest BCUT2D eigenvalue weighted by Gasteiger charge is 2.31. The molecule has 0 rings (SSSR count). The monoisotopic (exact) mass is 1580 g/mol. The molecular weight excluding hydrogens is 1400 g/mol. The number of carbonyl (C=O) groups is 4. The molecule has 19 heteroatoms. The fourth-order valence-electron chi connectivity index (χ4n) is 13.9. The number of unbranched alkanes of at least 4 members (excludes halogenated alkanes) is 57. The van der Waals surface area contributed by atoms with Crippen LogP contribution in [0.1, 0.15) is 478 Å². The zero-order chi connectivity index (χ0) is 79.2. The molecule has 0 fully saturated rings. The number of hydrogen-bond acceptors (Lipinski definition) is 15. The third-order valence-corrected chi connectivity index (χ3v) is 23.2. The molecule has 0 aliphatic heterocycles. The average molecular weight is 1580 g/mol. The van der Waals surface area contributed by atoms with E-state index in [9.17, 15) is 43.2 Å². The van der Waals surface area contributed by atoms with E-state index in [-0.39, 0.29) is 25.7 Å². The van der Waals surface area contributed by atoms with E-state index in [0.717, 1.165) is 102 Å². The number of phosphoric acid groups is 2. The van der Waals surface area contributed by atoms with Crippen molar-refractivity contribution in [2.45, 2.75) is 496 Å². The maximum Gasteiger partial charge on any atom is 0.472 e. The van der Waals surface area contributed by atoms with Gasteiger partial charge in [0.2, 0.25) is 0 Å². The second kappa shape index (κ2) is 80.3. The third kappa shape index (κ3) is 80.7. The first-order valence-corrected chi connectivity index (χ1v) is 49.0. The molecule has 0 aromatic rings. The summed E-state index contributed by atoms with van der Waals surface area (Å²) in [6.45, 7) is 9.73. The summed E-state index contributed by atoms with van der Waals surface area (Å²) in [5.74, 6) is -0.508. The molecule has 0 aromatic carbocycles. The smallest absolute Gasteiger partial charge is 0.462 e. The Bertz CT molecular complexity index is 2070. The summed E-state index contributed by atoms with van der Waals surface area (Å²) in [5.41, 5.74) is 0. The first-order valence-electron chi connectivity index (χ1n) is 46.0. The maximum absolute atomic E-state index is 13.2. The van der Waals surface area contributed by atoms with E-state index in [1.54, 1.807) is 0 Å². The van der Waals surface area contributed by atoms with Gasteiger partial charge in [-0.3, -0.25) is 37.3 Å². The predicted octanol–water partition coefficient (Wildman–Crippen LogP) is 27.4. The number of aliphatic hydroxyl groups is 1. The molecule has 0 aliphatic rings. The topological polar surface area (TPSA) is 237 Å². The number of aliphatic hydroxyl groups excluding tert-OH is 1. The van der Waals surface area contributed by atoms with E-state index >= 15 is 0 Å². The Morgan fingerprint density at radius 3 is 0.704 bits per heavy atom. The minimum atomic E-state index is -4.97. The largest absolute Gasteiger partial charge is 0.472 e. The fraction of sp³-hybridized carbons (Fsp3) is 0.955. The van der Waals surface area contributed by atoms with Crippen LogP contribution in [0.4, 0.5) is 0 Å². The minimum Gasteiger partial charge on any atom is -0.462 e. The summed E-state index contributed by atoms with van der Waals surface area (Å²) in [6.07, 6.45) is 73.6. The van der Waals surface area contributed by atoms with Gasteiger partial charge >= 0.3 is 39.5 Å². The molecular formula is C89H174O17P2. The Hall–Kier alpha value is -1.94. The van der Waals surface area contributed by atoms with Gasteiger partial charge in [0.1, 0.15) is 19.3 Å². The van der Waals surface area contributed by atoms with Crippen LogP contribution >= 0.6 is 15.6 Å². The van der Waals surface area contributed by atoms with E-state index in [4.69, 9.17) is 37.0 Å². The van der Waals surface area contributed by atoms with E-state index < -0.39 is 97.5 Å². The van der Waals surface area contributed by atoms with Crippen LogP contribution < -0.4 is 0 Å². The molecule has 0 aliphatic carbocycles. The lowest BCUT2D eigenvalue weighted by Crippen LogP contribution is -2.30. The number of hydrogen-bond donors (Lipinski definition) is 3. The highest BCUT2D eigenvalue weighted by atomic mass is 31.2. The zero-order valence-electron chi connectivity index (χ0n) is 71.2. The van der Waals surface area contributed by atoms with Gasteiger partial charge in [-0.1, -0.05) is 427 Å². The molecule has 0 radical (unpaired) electrons. The molecule has 0 heterocycles. The maximum atomic E-state index is 13.2. The first kappa shape index (κ1) is 106. The molecule has 0 saturated heterocycles. The van der Waals surface area contributed by atoms with Gasteiger partial charge in [-0.2, -0.15) is 0 Å². The number of phosphoric ester groups is 2. The van der Waals surface area contributed by atoms with Gasteiger partial charge in [-0.25, -0.2) is 9.13 Å². The van der Waals surface area contributed by atoms with Gasteiger partial charge in [0.15, 0.2) is 12.2 Å². The van der Waals surface area contributed by atoms with Crippen molar-refractivity contribution < 1.29 is 80.2 Å². The second-order valence-corrected chi connectivity index (χ2v) is 35.6. The van der Waals surface area contributed by atoms with Crippen LogP contribution in [-0.4, -0.2) is 96.7 Å². The average Bonchev–Trinajstić information content (AvgIpc) is 0.898. The van der Waals surface area contributed by atoms with Crippen molar-refractivity contribution in [1.82, 2.24) is 0 Å². The first-order chi connectivity index (χ1) is 52.4. The minimum absolute atomic E-state index is 0.108. The Kier molecular flexibility index (Phi) is 78.8. The Labute approximate surface area is 664 Å². The molecule has 3 N–H and O–H groups in total. The van der Waals surface area contributed by atoms with Crippen LogP contribution in [0.25, 0.3) is 0 Å². The van der Waals surface area contributed by atoms with Crippen LogP contribution in [0.2, 0.25) is 0 Å². The Morgan fingerprint density at radius 2 is 0.472 bits per heavy atom. The number of rotatable bonds is 88. The van der Waals surface area contributed by atoms with Crippen LogP contribution in [0.5, 0.6) is 0 Å². The van der Waals surface area contributed by atoms with Gasteiger partial charge in [0, 0.05) is 25.7 Å². The quantitative estimate of drug-likeness (QED) is 0.0222. The van der Waals surface area contributed by atoms with E-state index in [1.165, 1.54) is 295 Å². The number of carbonyl (C=O) groups excluding carboxylic acids is 4. The van der Waals surface area contributed by atoms with E-state index in [2.05, 4.69) is 41.5 Å². The summed E-state index contributed by atoms with van der Waals surface area (Å²) in [6, 6.07) is 0. The Balaban J connectivity index is 5.26. The lowest BCUT2D eigenvalue weighted by Gasteiger charge is -2.21. The third-order valence-electron chi connectivity index (χ3n) is 21.3.